The summed E-state index contributed by atoms with van der Waals surface area (Å²) in [5.41, 5.74) is 6.82. The van der Waals surface area contributed by atoms with E-state index in [2.05, 4.69) is 5.10 Å². The molecule has 3 N–H and O–H groups in total. The summed E-state index contributed by atoms with van der Waals surface area (Å²) < 4.78 is 5.96. The Labute approximate surface area is 158 Å². The van der Waals surface area contributed by atoms with Crippen LogP contribution in [0.15, 0.2) is 29.4 Å². The Kier molecular flexibility index (Phi) is 5.74. The zero-order valence-corrected chi connectivity index (χ0v) is 16.0. The van der Waals surface area contributed by atoms with Crippen molar-refractivity contribution in [2.75, 3.05) is 32.8 Å². The van der Waals surface area contributed by atoms with Gasteiger partial charge in [0, 0.05) is 24.6 Å². The number of nitrogens with zero attached hydrogens (tertiary/aromatic N) is 3. The van der Waals surface area contributed by atoms with Gasteiger partial charge in [0.1, 0.15) is 5.75 Å². The Hall–Kier alpha value is -1.77. The molecule has 8 heteroatoms. The van der Waals surface area contributed by atoms with E-state index in [9.17, 15) is 9.90 Å². The molecule has 2 atom stereocenters. The van der Waals surface area contributed by atoms with E-state index in [1.54, 1.807) is 21.7 Å². The molecule has 142 valence electrons. The Morgan fingerprint density at radius 1 is 1.54 bits per heavy atom. The number of carbonyl (C=O) groups is 1. The molecule has 2 aliphatic rings. The number of carbonyl (C=O) groups excluding carboxylic acids is 1. The third-order valence-electron chi connectivity index (χ3n) is 4.84. The largest absolute Gasteiger partial charge is 0.493 e. The van der Waals surface area contributed by atoms with Crippen LogP contribution in [0.2, 0.25) is 0 Å². The molecule has 0 saturated heterocycles. The molecule has 0 aromatic heterocycles. The highest BCUT2D eigenvalue weighted by Gasteiger charge is 2.56. The molecular formula is C18H26N4O3S. The molecule has 0 bridgehead atoms. The van der Waals surface area contributed by atoms with Crippen molar-refractivity contribution in [3.8, 4) is 5.75 Å². The lowest BCUT2D eigenvalue weighted by Crippen LogP contribution is -2.55. The minimum Gasteiger partial charge on any atom is -0.493 e. The maximum atomic E-state index is 13.3. The summed E-state index contributed by atoms with van der Waals surface area (Å²) in [5.74, 6) is 0.798. The van der Waals surface area contributed by atoms with Crippen molar-refractivity contribution in [3.63, 3.8) is 0 Å². The highest BCUT2D eigenvalue weighted by Crippen LogP contribution is 2.56. The van der Waals surface area contributed by atoms with Gasteiger partial charge in [-0.05, 0) is 32.9 Å². The van der Waals surface area contributed by atoms with Crippen LogP contribution in [0.3, 0.4) is 0 Å². The van der Waals surface area contributed by atoms with E-state index < -0.39 is 4.87 Å². The summed E-state index contributed by atoms with van der Waals surface area (Å²) in [4.78, 5) is 14.2. The molecule has 0 radical (unpaired) electrons. The Balaban J connectivity index is 2.09. The molecule has 0 saturated carbocycles. The van der Waals surface area contributed by atoms with Crippen molar-refractivity contribution in [2.24, 2.45) is 16.8 Å². The summed E-state index contributed by atoms with van der Waals surface area (Å²) in [5, 5.41) is 16.3. The average Bonchev–Trinajstić information content (AvgIpc) is 3.00. The maximum absolute atomic E-state index is 13.3. The molecule has 0 fully saturated rings. The van der Waals surface area contributed by atoms with Gasteiger partial charge >= 0.3 is 6.03 Å². The van der Waals surface area contributed by atoms with Gasteiger partial charge in [-0.15, -0.1) is 0 Å². The molecular weight excluding hydrogens is 352 g/mol. The number of thioether (sulfide) groups is 1. The van der Waals surface area contributed by atoms with Gasteiger partial charge in [0.05, 0.1) is 18.3 Å². The highest BCUT2D eigenvalue weighted by atomic mass is 32.2. The van der Waals surface area contributed by atoms with Crippen LogP contribution in [0.1, 0.15) is 25.8 Å². The van der Waals surface area contributed by atoms with Crippen LogP contribution in [0.25, 0.3) is 0 Å². The number of hydrogen-bond donors (Lipinski definition) is 2. The number of hydrogen-bond acceptors (Lipinski definition) is 6. The van der Waals surface area contributed by atoms with Crippen LogP contribution in [0.5, 0.6) is 5.75 Å². The first-order chi connectivity index (χ1) is 12.6. The van der Waals surface area contributed by atoms with Crippen LogP contribution >= 0.6 is 11.8 Å². The van der Waals surface area contributed by atoms with E-state index in [0.29, 0.717) is 19.7 Å². The zero-order valence-electron chi connectivity index (χ0n) is 15.2. The number of nitrogens with two attached hydrogens (primary N) is 1. The molecule has 2 heterocycles. The molecule has 1 spiro atoms. The average molecular weight is 378 g/mol. The number of urea groups is 1. The van der Waals surface area contributed by atoms with Gasteiger partial charge in [0.15, 0.2) is 4.87 Å². The monoisotopic (exact) mass is 378 g/mol. The SMILES string of the molecule is CCN(CCO)C(=O)N1N=C(C)SC12c1ccccc1OC[C@@H]2CCN. The van der Waals surface area contributed by atoms with Crippen molar-refractivity contribution in [2.45, 2.75) is 25.1 Å². The predicted molar refractivity (Wildman–Crippen MR) is 103 cm³/mol. The first-order valence-electron chi connectivity index (χ1n) is 8.95. The van der Waals surface area contributed by atoms with Crippen LogP contribution in [-0.2, 0) is 4.87 Å². The quantitative estimate of drug-likeness (QED) is 0.818. The zero-order chi connectivity index (χ0) is 18.7. The van der Waals surface area contributed by atoms with Gasteiger partial charge in [-0.25, -0.2) is 4.79 Å². The van der Waals surface area contributed by atoms with Gasteiger partial charge in [-0.3, -0.25) is 0 Å². The van der Waals surface area contributed by atoms with Crippen molar-refractivity contribution >= 4 is 22.8 Å². The number of para-hydroxylation sites is 1. The summed E-state index contributed by atoms with van der Waals surface area (Å²) in [7, 11) is 0. The standard InChI is InChI=1S/C18H26N4O3S/c1-3-21(10-11-23)17(24)22-18(26-13(2)20-22)14(8-9-19)12-25-16-7-5-4-6-15(16)18/h4-7,14,23H,3,8-12,19H2,1-2H3/t14-,18?/m0/s1. The second-order valence-electron chi connectivity index (χ2n) is 6.40. The molecule has 2 aliphatic heterocycles. The highest BCUT2D eigenvalue weighted by molar-refractivity contribution is 8.14. The van der Waals surface area contributed by atoms with E-state index in [4.69, 9.17) is 10.5 Å². The van der Waals surface area contributed by atoms with E-state index in [1.165, 1.54) is 0 Å². The number of rotatable bonds is 5. The number of benzene rings is 1. The lowest BCUT2D eigenvalue weighted by molar-refractivity contribution is 0.0597. The Bertz CT molecular complexity index is 699. The Morgan fingerprint density at radius 3 is 3.00 bits per heavy atom. The lowest BCUT2D eigenvalue weighted by atomic mass is 9.87. The number of hydrazone groups is 1. The summed E-state index contributed by atoms with van der Waals surface area (Å²) in [6.45, 7) is 5.51. The van der Waals surface area contributed by atoms with Crippen molar-refractivity contribution < 1.29 is 14.6 Å². The molecule has 7 nitrogen and oxygen atoms in total. The topological polar surface area (TPSA) is 91.4 Å². The number of ether oxygens (including phenoxy) is 1. The van der Waals surface area contributed by atoms with Crippen molar-refractivity contribution in [3.05, 3.63) is 29.8 Å². The number of amides is 2. The predicted octanol–water partition coefficient (Wildman–Crippen LogP) is 2.01. The lowest BCUT2D eigenvalue weighted by Gasteiger charge is -2.46. The maximum Gasteiger partial charge on any atom is 0.342 e. The smallest absolute Gasteiger partial charge is 0.342 e. The van der Waals surface area contributed by atoms with Gasteiger partial charge < -0.3 is 20.5 Å². The molecule has 1 unspecified atom stereocenters. The molecule has 0 aliphatic carbocycles. The number of aliphatic hydroxyl groups is 1. The molecule has 1 aromatic carbocycles. The number of aliphatic hydroxyl groups excluding tert-OH is 1. The van der Waals surface area contributed by atoms with Crippen molar-refractivity contribution in [1.82, 2.24) is 9.91 Å². The molecule has 3 rings (SSSR count). The van der Waals surface area contributed by atoms with Crippen LogP contribution in [0.4, 0.5) is 4.79 Å². The molecule has 2 amide bonds. The fraction of sp³-hybridized carbons (Fsp3) is 0.556. The third kappa shape index (κ3) is 3.06. The summed E-state index contributed by atoms with van der Waals surface area (Å²) in [6.07, 6.45) is 0.722. The van der Waals surface area contributed by atoms with E-state index in [0.717, 1.165) is 22.8 Å². The van der Waals surface area contributed by atoms with E-state index in [1.807, 2.05) is 38.1 Å². The van der Waals surface area contributed by atoms with Gasteiger partial charge in [-0.2, -0.15) is 10.1 Å². The number of likely N-dealkylation sites (N-methyl/N-ethyl adjacent to an activating group) is 1. The summed E-state index contributed by atoms with van der Waals surface area (Å²) in [6, 6.07) is 7.61. The fourth-order valence-electron chi connectivity index (χ4n) is 3.65. The first-order valence-corrected chi connectivity index (χ1v) is 9.76. The second kappa shape index (κ2) is 7.85. The second-order valence-corrected chi connectivity index (χ2v) is 7.81. The van der Waals surface area contributed by atoms with Crippen LogP contribution < -0.4 is 10.5 Å². The van der Waals surface area contributed by atoms with Crippen LogP contribution in [-0.4, -0.2) is 58.9 Å². The van der Waals surface area contributed by atoms with Gasteiger partial charge in [0.2, 0.25) is 0 Å². The minimum absolute atomic E-state index is 0.0189. The first kappa shape index (κ1) is 19.0. The minimum atomic E-state index is -0.668. The van der Waals surface area contributed by atoms with Crippen molar-refractivity contribution in [1.29, 1.82) is 0 Å². The normalized spacial score (nSPS) is 24.2. The van der Waals surface area contributed by atoms with Gasteiger partial charge in [0.25, 0.3) is 0 Å². The molecule has 1 aromatic rings. The van der Waals surface area contributed by atoms with Crippen LogP contribution in [0, 0.1) is 5.92 Å². The van der Waals surface area contributed by atoms with E-state index >= 15 is 0 Å². The number of fused-ring (bicyclic) bond motifs is 2. The fourth-order valence-corrected chi connectivity index (χ4v) is 5.06. The third-order valence-corrected chi connectivity index (χ3v) is 6.26. The van der Waals surface area contributed by atoms with E-state index in [-0.39, 0.29) is 25.1 Å². The summed E-state index contributed by atoms with van der Waals surface area (Å²) >= 11 is 1.59. The van der Waals surface area contributed by atoms with Gasteiger partial charge in [-0.1, -0.05) is 30.0 Å². The Morgan fingerprint density at radius 2 is 2.31 bits per heavy atom. The molecule has 26 heavy (non-hydrogen) atoms.